The minimum Gasteiger partial charge on any atom is -0.378 e. The molecule has 0 radical (unpaired) electrons. The molecule has 0 aliphatic heterocycles. The lowest BCUT2D eigenvalue weighted by atomic mass is 10.3. The van der Waals surface area contributed by atoms with Crippen molar-refractivity contribution >= 4 is 0 Å². The standard InChI is InChI=1S/C7H15F2NO/c1-6(2)10-4-7(8,9)5-11-3/h6,10H,4-5H2,1-3H3. The van der Waals surface area contributed by atoms with Gasteiger partial charge in [-0.05, 0) is 0 Å². The van der Waals surface area contributed by atoms with Crippen LogP contribution < -0.4 is 5.32 Å². The van der Waals surface area contributed by atoms with Crippen molar-refractivity contribution in [3.8, 4) is 0 Å². The fourth-order valence-electron chi connectivity index (χ4n) is 0.616. The first-order valence-corrected chi connectivity index (χ1v) is 3.58. The molecule has 68 valence electrons. The van der Waals surface area contributed by atoms with Crippen molar-refractivity contribution < 1.29 is 13.5 Å². The van der Waals surface area contributed by atoms with Crippen LogP contribution in [0.2, 0.25) is 0 Å². The summed E-state index contributed by atoms with van der Waals surface area (Å²) in [7, 11) is 1.27. The van der Waals surface area contributed by atoms with Crippen LogP contribution in [0.4, 0.5) is 8.78 Å². The maximum atomic E-state index is 12.6. The first-order chi connectivity index (χ1) is 4.98. The SMILES string of the molecule is COCC(F)(F)CNC(C)C. The molecule has 0 unspecified atom stereocenters. The zero-order chi connectivity index (χ0) is 8.91. The number of rotatable bonds is 5. The van der Waals surface area contributed by atoms with E-state index < -0.39 is 12.5 Å². The summed E-state index contributed by atoms with van der Waals surface area (Å²) in [5.74, 6) is -2.75. The molecule has 0 aliphatic rings. The predicted molar refractivity (Wildman–Crippen MR) is 40.0 cm³/mol. The molecule has 1 N–H and O–H groups in total. The van der Waals surface area contributed by atoms with Crippen LogP contribution in [0.5, 0.6) is 0 Å². The van der Waals surface area contributed by atoms with Crippen molar-refractivity contribution in [1.29, 1.82) is 0 Å². The summed E-state index contributed by atoms with van der Waals surface area (Å²) in [6.07, 6.45) is 0. The first-order valence-electron chi connectivity index (χ1n) is 3.58. The molecule has 0 saturated heterocycles. The molecule has 0 aromatic heterocycles. The van der Waals surface area contributed by atoms with Crippen LogP contribution in [-0.2, 0) is 4.74 Å². The smallest absolute Gasteiger partial charge is 0.283 e. The molecular weight excluding hydrogens is 152 g/mol. The molecule has 0 aliphatic carbocycles. The predicted octanol–water partition coefficient (Wildman–Crippen LogP) is 1.27. The second-order valence-corrected chi connectivity index (χ2v) is 2.82. The lowest BCUT2D eigenvalue weighted by Gasteiger charge is -2.17. The number of alkyl halides is 2. The summed E-state index contributed by atoms with van der Waals surface area (Å²) in [6.45, 7) is 2.80. The van der Waals surface area contributed by atoms with Gasteiger partial charge in [-0.15, -0.1) is 0 Å². The molecular formula is C7H15F2NO. The highest BCUT2D eigenvalue weighted by atomic mass is 19.3. The minimum atomic E-state index is -2.75. The third-order valence-corrected chi connectivity index (χ3v) is 1.12. The van der Waals surface area contributed by atoms with E-state index in [1.54, 1.807) is 0 Å². The number of ether oxygens (including phenoxy) is 1. The monoisotopic (exact) mass is 167 g/mol. The molecule has 0 amide bonds. The minimum absolute atomic E-state index is 0.0812. The van der Waals surface area contributed by atoms with Gasteiger partial charge in [-0.3, -0.25) is 0 Å². The van der Waals surface area contributed by atoms with Crippen molar-refractivity contribution in [3.63, 3.8) is 0 Å². The number of nitrogens with one attached hydrogen (secondary N) is 1. The Labute approximate surface area is 65.9 Å². The Balaban J connectivity index is 3.54. The Morgan fingerprint density at radius 1 is 1.45 bits per heavy atom. The fourth-order valence-corrected chi connectivity index (χ4v) is 0.616. The van der Waals surface area contributed by atoms with E-state index >= 15 is 0 Å². The van der Waals surface area contributed by atoms with Crippen LogP contribution in [0.3, 0.4) is 0 Å². The molecule has 0 aromatic carbocycles. The Bertz CT molecular complexity index is 107. The van der Waals surface area contributed by atoms with Gasteiger partial charge in [0.15, 0.2) is 0 Å². The molecule has 0 aromatic rings. The highest BCUT2D eigenvalue weighted by Gasteiger charge is 2.28. The number of methoxy groups -OCH3 is 1. The van der Waals surface area contributed by atoms with E-state index in [0.717, 1.165) is 0 Å². The summed E-state index contributed by atoms with van der Waals surface area (Å²) >= 11 is 0. The van der Waals surface area contributed by atoms with E-state index in [0.29, 0.717) is 0 Å². The summed E-state index contributed by atoms with van der Waals surface area (Å²) in [5.41, 5.74) is 0. The lowest BCUT2D eigenvalue weighted by molar-refractivity contribution is -0.0627. The van der Waals surface area contributed by atoms with Gasteiger partial charge in [0.1, 0.15) is 6.61 Å². The normalized spacial score (nSPS) is 12.5. The summed E-state index contributed by atoms with van der Waals surface area (Å²) in [6, 6.07) is 0.0812. The van der Waals surface area contributed by atoms with E-state index in [-0.39, 0.29) is 12.6 Å². The molecule has 0 heterocycles. The average molecular weight is 167 g/mol. The summed E-state index contributed by atoms with van der Waals surface area (Å²) in [4.78, 5) is 0. The second-order valence-electron chi connectivity index (χ2n) is 2.82. The molecule has 0 saturated carbocycles. The molecule has 0 spiro atoms. The van der Waals surface area contributed by atoms with Crippen molar-refractivity contribution in [2.75, 3.05) is 20.3 Å². The maximum Gasteiger partial charge on any atom is 0.283 e. The molecule has 4 heteroatoms. The molecule has 0 rings (SSSR count). The molecule has 2 nitrogen and oxygen atoms in total. The Kier molecular flexibility index (Phi) is 4.52. The molecule has 11 heavy (non-hydrogen) atoms. The van der Waals surface area contributed by atoms with Crippen LogP contribution in [0, 0.1) is 0 Å². The third-order valence-electron chi connectivity index (χ3n) is 1.12. The van der Waals surface area contributed by atoms with E-state index in [1.165, 1.54) is 7.11 Å². The van der Waals surface area contributed by atoms with Gasteiger partial charge in [0.05, 0.1) is 6.54 Å². The fraction of sp³-hybridized carbons (Fsp3) is 1.00. The van der Waals surface area contributed by atoms with Gasteiger partial charge in [0, 0.05) is 13.2 Å². The topological polar surface area (TPSA) is 21.3 Å². The van der Waals surface area contributed by atoms with Crippen molar-refractivity contribution in [2.45, 2.75) is 25.8 Å². The largest absolute Gasteiger partial charge is 0.378 e. The van der Waals surface area contributed by atoms with Crippen molar-refractivity contribution in [3.05, 3.63) is 0 Å². The van der Waals surface area contributed by atoms with Crippen molar-refractivity contribution in [1.82, 2.24) is 5.32 Å². The quantitative estimate of drug-likeness (QED) is 0.665. The van der Waals surface area contributed by atoms with E-state index in [9.17, 15) is 8.78 Å². The lowest BCUT2D eigenvalue weighted by Crippen LogP contribution is -2.39. The van der Waals surface area contributed by atoms with Gasteiger partial charge in [-0.25, -0.2) is 8.78 Å². The van der Waals surface area contributed by atoms with Gasteiger partial charge in [-0.1, -0.05) is 13.8 Å². The second kappa shape index (κ2) is 4.62. The number of hydrogen-bond acceptors (Lipinski definition) is 2. The van der Waals surface area contributed by atoms with Gasteiger partial charge < -0.3 is 10.1 Å². The Morgan fingerprint density at radius 2 is 2.00 bits per heavy atom. The number of hydrogen-bond donors (Lipinski definition) is 1. The first kappa shape index (κ1) is 10.8. The third kappa shape index (κ3) is 6.19. The van der Waals surface area contributed by atoms with Gasteiger partial charge in [-0.2, -0.15) is 0 Å². The zero-order valence-electron chi connectivity index (χ0n) is 7.16. The van der Waals surface area contributed by atoms with Crippen molar-refractivity contribution in [2.24, 2.45) is 0 Å². The van der Waals surface area contributed by atoms with Gasteiger partial charge >= 0.3 is 0 Å². The van der Waals surface area contributed by atoms with E-state index in [4.69, 9.17) is 0 Å². The molecule has 0 atom stereocenters. The Morgan fingerprint density at radius 3 is 2.36 bits per heavy atom. The Hall–Kier alpha value is -0.220. The van der Waals surface area contributed by atoms with Gasteiger partial charge in [0.2, 0.25) is 0 Å². The van der Waals surface area contributed by atoms with E-state index in [1.807, 2.05) is 13.8 Å². The van der Waals surface area contributed by atoms with Gasteiger partial charge in [0.25, 0.3) is 5.92 Å². The van der Waals surface area contributed by atoms with Crippen LogP contribution in [0.1, 0.15) is 13.8 Å². The van der Waals surface area contributed by atoms with E-state index in [2.05, 4.69) is 10.1 Å². The zero-order valence-corrected chi connectivity index (χ0v) is 7.16. The summed E-state index contributed by atoms with van der Waals surface area (Å²) in [5, 5.41) is 2.64. The maximum absolute atomic E-state index is 12.6. The summed E-state index contributed by atoms with van der Waals surface area (Å²) < 4.78 is 29.5. The molecule has 0 fully saturated rings. The van der Waals surface area contributed by atoms with Crippen LogP contribution in [-0.4, -0.2) is 32.2 Å². The average Bonchev–Trinajstić information content (AvgIpc) is 1.84. The van der Waals surface area contributed by atoms with Crippen LogP contribution in [0.15, 0.2) is 0 Å². The van der Waals surface area contributed by atoms with Crippen LogP contribution in [0.25, 0.3) is 0 Å². The highest BCUT2D eigenvalue weighted by Crippen LogP contribution is 2.11. The highest BCUT2D eigenvalue weighted by molar-refractivity contribution is 4.69. The molecule has 0 bridgehead atoms. The van der Waals surface area contributed by atoms with Crippen LogP contribution >= 0.6 is 0 Å². The number of halogens is 2.